The number of halogens is 1. The maximum atomic E-state index is 13.0. The molecule has 0 radical (unpaired) electrons. The van der Waals surface area contributed by atoms with E-state index >= 15 is 0 Å². The van der Waals surface area contributed by atoms with Crippen LogP contribution >= 0.6 is 11.6 Å². The molecule has 0 amide bonds. The minimum Gasteiger partial charge on any atom is -0.454 e. The number of nitrogen functional groups attached to an aromatic ring is 1. The molecular weight excluding hydrogens is 338 g/mol. The molecule has 0 saturated carbocycles. The van der Waals surface area contributed by atoms with E-state index < -0.39 is 0 Å². The van der Waals surface area contributed by atoms with Gasteiger partial charge in [0.05, 0.1) is 11.3 Å². The first-order valence-electron chi connectivity index (χ1n) is 7.60. The summed E-state index contributed by atoms with van der Waals surface area (Å²) >= 11 is 5.88. The zero-order valence-corrected chi connectivity index (χ0v) is 13.7. The van der Waals surface area contributed by atoms with Gasteiger partial charge in [0.15, 0.2) is 17.3 Å². The average Bonchev–Trinajstić information content (AvgIpc) is 2.63. The van der Waals surface area contributed by atoms with Crippen LogP contribution in [0.15, 0.2) is 60.7 Å². The zero-order valence-electron chi connectivity index (χ0n) is 13.0. The summed E-state index contributed by atoms with van der Waals surface area (Å²) in [6.07, 6.45) is 0. The van der Waals surface area contributed by atoms with Crippen LogP contribution in [-0.4, -0.2) is 11.6 Å². The van der Waals surface area contributed by atoms with Gasteiger partial charge in [-0.2, -0.15) is 0 Å². The van der Waals surface area contributed by atoms with Crippen LogP contribution in [0.5, 0.6) is 11.5 Å². The molecule has 0 aliphatic heterocycles. The molecule has 0 spiro atoms. The van der Waals surface area contributed by atoms with Crippen molar-refractivity contribution in [1.29, 1.82) is 0 Å². The van der Waals surface area contributed by atoms with Crippen LogP contribution in [0.3, 0.4) is 0 Å². The molecule has 0 saturated heterocycles. The Morgan fingerprint density at radius 2 is 1.40 bits per heavy atom. The Kier molecular flexibility index (Phi) is 3.55. The Labute approximate surface area is 148 Å². The van der Waals surface area contributed by atoms with Gasteiger partial charge < -0.3 is 10.5 Å². The number of anilines is 1. The van der Waals surface area contributed by atoms with Crippen LogP contribution in [0.1, 0.15) is 31.8 Å². The normalized spacial score (nSPS) is 12.5. The number of ether oxygens (including phenoxy) is 1. The summed E-state index contributed by atoms with van der Waals surface area (Å²) < 4.78 is 5.84. The Morgan fingerprint density at radius 1 is 0.760 bits per heavy atom. The number of benzene rings is 3. The lowest BCUT2D eigenvalue weighted by atomic mass is 9.83. The second-order valence-electron chi connectivity index (χ2n) is 5.67. The predicted molar refractivity (Wildman–Crippen MR) is 95.7 cm³/mol. The lowest BCUT2D eigenvalue weighted by Gasteiger charge is -2.21. The maximum Gasteiger partial charge on any atom is 0.198 e. The van der Waals surface area contributed by atoms with Crippen molar-refractivity contribution in [1.82, 2.24) is 0 Å². The second-order valence-corrected chi connectivity index (χ2v) is 6.10. The summed E-state index contributed by atoms with van der Waals surface area (Å²) in [5.41, 5.74) is 7.55. The summed E-state index contributed by atoms with van der Waals surface area (Å²) in [4.78, 5) is 25.7. The molecule has 122 valence electrons. The number of rotatable bonds is 2. The molecule has 3 aromatic rings. The van der Waals surface area contributed by atoms with Gasteiger partial charge in [-0.15, -0.1) is 0 Å². The van der Waals surface area contributed by atoms with Crippen molar-refractivity contribution in [2.45, 2.75) is 0 Å². The molecule has 25 heavy (non-hydrogen) atoms. The number of hydrogen-bond acceptors (Lipinski definition) is 4. The fourth-order valence-electron chi connectivity index (χ4n) is 2.90. The summed E-state index contributed by atoms with van der Waals surface area (Å²) in [7, 11) is 0. The molecule has 3 aromatic carbocycles. The van der Waals surface area contributed by atoms with Gasteiger partial charge in [-0.05, 0) is 36.4 Å². The topological polar surface area (TPSA) is 69.4 Å². The molecule has 0 fully saturated rings. The van der Waals surface area contributed by atoms with Crippen LogP contribution in [0.25, 0.3) is 0 Å². The molecule has 0 bridgehead atoms. The van der Waals surface area contributed by atoms with E-state index in [4.69, 9.17) is 22.1 Å². The number of fused-ring (bicyclic) bond motifs is 2. The number of carbonyl (C=O) groups is 2. The van der Waals surface area contributed by atoms with Crippen LogP contribution < -0.4 is 10.5 Å². The highest BCUT2D eigenvalue weighted by Gasteiger charge is 2.33. The van der Waals surface area contributed by atoms with Gasteiger partial charge in [0, 0.05) is 21.7 Å². The summed E-state index contributed by atoms with van der Waals surface area (Å²) in [6, 6.07) is 16.6. The Balaban J connectivity index is 1.89. The maximum absolute atomic E-state index is 13.0. The van der Waals surface area contributed by atoms with E-state index in [1.54, 1.807) is 60.7 Å². The molecule has 0 atom stereocenters. The molecule has 4 rings (SSSR count). The minimum atomic E-state index is -0.276. The Morgan fingerprint density at radius 3 is 2.08 bits per heavy atom. The summed E-state index contributed by atoms with van der Waals surface area (Å²) in [6.45, 7) is 0. The first-order chi connectivity index (χ1) is 12.1. The Hall–Kier alpha value is -3.11. The average molecular weight is 350 g/mol. The van der Waals surface area contributed by atoms with Gasteiger partial charge in [-0.25, -0.2) is 0 Å². The summed E-state index contributed by atoms with van der Waals surface area (Å²) in [5.74, 6) is 0.170. The molecule has 4 nitrogen and oxygen atoms in total. The Bertz CT molecular complexity index is 1030. The first-order valence-corrected chi connectivity index (χ1v) is 7.98. The van der Waals surface area contributed by atoms with E-state index in [-0.39, 0.29) is 28.6 Å². The zero-order chi connectivity index (χ0) is 17.6. The monoisotopic (exact) mass is 349 g/mol. The molecule has 0 heterocycles. The van der Waals surface area contributed by atoms with Crippen molar-refractivity contribution in [2.75, 3.05) is 5.73 Å². The highest BCUT2D eigenvalue weighted by molar-refractivity contribution is 6.30. The molecule has 2 N–H and O–H groups in total. The lowest BCUT2D eigenvalue weighted by Crippen LogP contribution is -2.22. The van der Waals surface area contributed by atoms with Crippen molar-refractivity contribution >= 4 is 28.9 Å². The van der Waals surface area contributed by atoms with Crippen molar-refractivity contribution in [3.8, 4) is 11.5 Å². The van der Waals surface area contributed by atoms with Gasteiger partial charge in [0.2, 0.25) is 0 Å². The number of hydrogen-bond donors (Lipinski definition) is 1. The smallest absolute Gasteiger partial charge is 0.198 e. The van der Waals surface area contributed by atoms with Crippen molar-refractivity contribution in [3.05, 3.63) is 87.9 Å². The third-order valence-corrected chi connectivity index (χ3v) is 4.36. The second kappa shape index (κ2) is 5.76. The number of nitrogens with two attached hydrogens (primary N) is 1. The molecule has 5 heteroatoms. The largest absolute Gasteiger partial charge is 0.454 e. The van der Waals surface area contributed by atoms with Crippen LogP contribution in [0, 0.1) is 0 Å². The van der Waals surface area contributed by atoms with Crippen LogP contribution in [0.4, 0.5) is 5.69 Å². The van der Waals surface area contributed by atoms with Gasteiger partial charge >= 0.3 is 0 Å². The van der Waals surface area contributed by atoms with Gasteiger partial charge in [-0.1, -0.05) is 35.9 Å². The minimum absolute atomic E-state index is 0.188. The van der Waals surface area contributed by atoms with E-state index in [1.165, 1.54) is 0 Å². The summed E-state index contributed by atoms with van der Waals surface area (Å²) in [5, 5.41) is 0.565. The van der Waals surface area contributed by atoms with E-state index in [0.717, 1.165) is 0 Å². The van der Waals surface area contributed by atoms with E-state index in [9.17, 15) is 9.59 Å². The number of ketones is 2. The van der Waals surface area contributed by atoms with Gasteiger partial charge in [-0.3, -0.25) is 9.59 Å². The quantitative estimate of drug-likeness (QED) is 0.541. The van der Waals surface area contributed by atoms with E-state index in [0.29, 0.717) is 27.5 Å². The fraction of sp³-hybridized carbons (Fsp3) is 0. The third-order valence-electron chi connectivity index (χ3n) is 4.11. The third kappa shape index (κ3) is 2.47. The molecule has 1 aliphatic carbocycles. The van der Waals surface area contributed by atoms with E-state index in [1.807, 2.05) is 0 Å². The standard InChI is InChI=1S/C20H12ClNO3/c21-11-5-7-12(8-6-11)25-20-16(22)10-9-15-17(20)19(24)14-4-2-1-3-13(14)18(15)23/h1-10H,22H2. The highest BCUT2D eigenvalue weighted by Crippen LogP contribution is 2.39. The van der Waals surface area contributed by atoms with Crippen molar-refractivity contribution < 1.29 is 14.3 Å². The van der Waals surface area contributed by atoms with Gasteiger partial charge in [0.1, 0.15) is 5.75 Å². The lowest BCUT2D eigenvalue weighted by molar-refractivity contribution is 0.0977. The first kappa shape index (κ1) is 15.4. The highest BCUT2D eigenvalue weighted by atomic mass is 35.5. The molecule has 0 aromatic heterocycles. The van der Waals surface area contributed by atoms with Crippen molar-refractivity contribution in [3.63, 3.8) is 0 Å². The predicted octanol–water partition coefficient (Wildman–Crippen LogP) is 4.49. The van der Waals surface area contributed by atoms with E-state index in [2.05, 4.69) is 0 Å². The molecular formula is C20H12ClNO3. The number of carbonyl (C=O) groups excluding carboxylic acids is 2. The molecule has 1 aliphatic rings. The van der Waals surface area contributed by atoms with Crippen LogP contribution in [-0.2, 0) is 0 Å². The van der Waals surface area contributed by atoms with Crippen LogP contribution in [0.2, 0.25) is 5.02 Å². The molecule has 0 unspecified atom stereocenters. The van der Waals surface area contributed by atoms with Crippen molar-refractivity contribution in [2.24, 2.45) is 0 Å². The van der Waals surface area contributed by atoms with Gasteiger partial charge in [0.25, 0.3) is 0 Å². The SMILES string of the molecule is Nc1ccc2c(c1Oc1ccc(Cl)cc1)C(=O)c1ccccc1C2=O. The fourth-order valence-corrected chi connectivity index (χ4v) is 3.03.